The molecule has 0 saturated carbocycles. The zero-order chi connectivity index (χ0) is 24.6. The van der Waals surface area contributed by atoms with Gasteiger partial charge in [-0.2, -0.15) is 13.2 Å². The zero-order valence-electron chi connectivity index (χ0n) is 18.5. The standard InChI is InChI=1S/C22H24ClF3N4O3/c1-12-5-8-17(30(12)20(32)33-21(2,3)4)19(31)29-16-9-13(22(24,25)26)6-7-14(16)15-10-18(23)28-11-27-15/h6-7,9-12,17H,5,8H2,1-4H3,(H,29,31). The van der Waals surface area contributed by atoms with Crippen molar-refractivity contribution in [3.8, 4) is 11.3 Å². The quantitative estimate of drug-likeness (QED) is 0.578. The lowest BCUT2D eigenvalue weighted by Gasteiger charge is -2.31. The third-order valence-corrected chi connectivity index (χ3v) is 5.30. The highest BCUT2D eigenvalue weighted by Gasteiger charge is 2.41. The molecule has 2 amide bonds. The number of carbonyl (C=O) groups is 2. The number of alkyl halides is 3. The van der Waals surface area contributed by atoms with Crippen molar-refractivity contribution in [2.24, 2.45) is 0 Å². The highest BCUT2D eigenvalue weighted by Crippen LogP contribution is 2.36. The predicted molar refractivity (Wildman–Crippen MR) is 117 cm³/mol. The Bertz CT molecular complexity index is 1060. The Hall–Kier alpha value is -2.88. The van der Waals surface area contributed by atoms with Gasteiger partial charge in [0.15, 0.2) is 0 Å². The molecule has 0 bridgehead atoms. The molecular formula is C22H24ClF3N4O3. The minimum Gasteiger partial charge on any atom is -0.444 e. The van der Waals surface area contributed by atoms with Gasteiger partial charge in [0.05, 0.1) is 16.9 Å². The van der Waals surface area contributed by atoms with Crippen molar-refractivity contribution in [2.75, 3.05) is 5.32 Å². The van der Waals surface area contributed by atoms with Crippen LogP contribution in [-0.4, -0.2) is 44.6 Å². The second-order valence-corrected chi connectivity index (χ2v) is 9.19. The summed E-state index contributed by atoms with van der Waals surface area (Å²) < 4.78 is 45.5. The van der Waals surface area contributed by atoms with Crippen LogP contribution in [0.4, 0.5) is 23.7 Å². The number of rotatable bonds is 3. The molecule has 2 aromatic rings. The van der Waals surface area contributed by atoms with Gasteiger partial charge in [0.2, 0.25) is 5.91 Å². The highest BCUT2D eigenvalue weighted by molar-refractivity contribution is 6.29. The molecule has 0 aliphatic carbocycles. The number of likely N-dealkylation sites (tertiary alicyclic amines) is 1. The largest absolute Gasteiger partial charge is 0.444 e. The fourth-order valence-corrected chi connectivity index (χ4v) is 3.75. The minimum absolute atomic E-state index is 0.0953. The molecular weight excluding hydrogens is 461 g/mol. The van der Waals surface area contributed by atoms with Crippen LogP contribution in [-0.2, 0) is 15.7 Å². The molecule has 2 heterocycles. The third kappa shape index (κ3) is 5.93. The van der Waals surface area contributed by atoms with Crippen molar-refractivity contribution in [1.82, 2.24) is 14.9 Å². The Morgan fingerprint density at radius 2 is 1.85 bits per heavy atom. The molecule has 0 radical (unpaired) electrons. The molecule has 11 heteroatoms. The smallest absolute Gasteiger partial charge is 0.416 e. The number of nitrogens with one attached hydrogen (secondary N) is 1. The number of halogens is 4. The number of amides is 2. The van der Waals surface area contributed by atoms with Crippen molar-refractivity contribution >= 4 is 29.3 Å². The lowest BCUT2D eigenvalue weighted by atomic mass is 10.0. The molecule has 1 fully saturated rings. The van der Waals surface area contributed by atoms with Crippen molar-refractivity contribution in [2.45, 2.75) is 64.4 Å². The number of hydrogen-bond donors (Lipinski definition) is 1. The van der Waals surface area contributed by atoms with Crippen LogP contribution in [0.2, 0.25) is 5.15 Å². The zero-order valence-corrected chi connectivity index (χ0v) is 19.3. The van der Waals surface area contributed by atoms with Crippen LogP contribution in [0.3, 0.4) is 0 Å². The summed E-state index contributed by atoms with van der Waals surface area (Å²) in [5, 5.41) is 2.65. The van der Waals surface area contributed by atoms with Gasteiger partial charge in [0.25, 0.3) is 0 Å². The number of hydrogen-bond acceptors (Lipinski definition) is 5. The first-order valence-corrected chi connectivity index (χ1v) is 10.7. The molecule has 1 saturated heterocycles. The average molecular weight is 485 g/mol. The van der Waals surface area contributed by atoms with Gasteiger partial charge >= 0.3 is 12.3 Å². The third-order valence-electron chi connectivity index (χ3n) is 5.09. The number of anilines is 1. The summed E-state index contributed by atoms with van der Waals surface area (Å²) in [6.45, 7) is 6.92. The summed E-state index contributed by atoms with van der Waals surface area (Å²) in [5.41, 5.74) is -1.34. The molecule has 0 spiro atoms. The molecule has 2 atom stereocenters. The number of ether oxygens (including phenoxy) is 1. The molecule has 178 valence electrons. The monoisotopic (exact) mass is 484 g/mol. The lowest BCUT2D eigenvalue weighted by Crippen LogP contribution is -2.48. The first kappa shape index (κ1) is 24.8. The van der Waals surface area contributed by atoms with E-state index in [1.807, 2.05) is 0 Å². The molecule has 1 aromatic heterocycles. The maximum Gasteiger partial charge on any atom is 0.416 e. The van der Waals surface area contributed by atoms with Crippen LogP contribution >= 0.6 is 11.6 Å². The van der Waals surface area contributed by atoms with E-state index in [1.54, 1.807) is 27.7 Å². The second kappa shape index (κ2) is 9.17. The fourth-order valence-electron chi connectivity index (χ4n) is 3.61. The van der Waals surface area contributed by atoms with Gasteiger partial charge in [0, 0.05) is 17.7 Å². The number of aromatic nitrogens is 2. The van der Waals surface area contributed by atoms with Gasteiger partial charge in [-0.05, 0) is 52.7 Å². The summed E-state index contributed by atoms with van der Waals surface area (Å²) in [4.78, 5) is 35.0. The maximum atomic E-state index is 13.4. The Kier molecular flexibility index (Phi) is 6.88. The lowest BCUT2D eigenvalue weighted by molar-refractivity contribution is -0.137. The van der Waals surface area contributed by atoms with Gasteiger partial charge in [-0.3, -0.25) is 9.69 Å². The van der Waals surface area contributed by atoms with E-state index in [-0.39, 0.29) is 28.1 Å². The van der Waals surface area contributed by atoms with Crippen LogP contribution in [0.15, 0.2) is 30.6 Å². The molecule has 1 aliphatic heterocycles. The Balaban J connectivity index is 1.95. The molecule has 1 aromatic carbocycles. The SMILES string of the molecule is CC1CCC(C(=O)Nc2cc(C(F)(F)F)ccc2-c2cc(Cl)ncn2)N1C(=O)OC(C)(C)C. The molecule has 33 heavy (non-hydrogen) atoms. The predicted octanol–water partition coefficient (Wildman–Crippen LogP) is 5.54. The normalized spacial score (nSPS) is 18.8. The van der Waals surface area contributed by atoms with Crippen LogP contribution in [0.1, 0.15) is 46.1 Å². The summed E-state index contributed by atoms with van der Waals surface area (Å²) in [5.74, 6) is -0.620. The molecule has 7 nitrogen and oxygen atoms in total. The van der Waals surface area contributed by atoms with E-state index < -0.39 is 35.4 Å². The van der Waals surface area contributed by atoms with Gasteiger partial charge in [-0.1, -0.05) is 17.7 Å². The van der Waals surface area contributed by atoms with E-state index in [2.05, 4.69) is 15.3 Å². The van der Waals surface area contributed by atoms with Crippen molar-refractivity contribution < 1.29 is 27.5 Å². The van der Waals surface area contributed by atoms with E-state index >= 15 is 0 Å². The number of nitrogens with zero attached hydrogens (tertiary/aromatic N) is 3. The van der Waals surface area contributed by atoms with Crippen molar-refractivity contribution in [1.29, 1.82) is 0 Å². The van der Waals surface area contributed by atoms with Crippen LogP contribution in [0.5, 0.6) is 0 Å². The molecule has 2 unspecified atom stereocenters. The van der Waals surface area contributed by atoms with Crippen LogP contribution in [0, 0.1) is 0 Å². The topological polar surface area (TPSA) is 84.4 Å². The fraction of sp³-hybridized carbons (Fsp3) is 0.455. The minimum atomic E-state index is -4.62. The van der Waals surface area contributed by atoms with Gasteiger partial charge in [-0.25, -0.2) is 14.8 Å². The Morgan fingerprint density at radius 1 is 1.15 bits per heavy atom. The van der Waals surface area contributed by atoms with Crippen molar-refractivity contribution in [3.63, 3.8) is 0 Å². The van der Waals surface area contributed by atoms with Crippen LogP contribution < -0.4 is 5.32 Å². The first-order chi connectivity index (χ1) is 15.3. The average Bonchev–Trinajstić information content (AvgIpc) is 3.07. The first-order valence-electron chi connectivity index (χ1n) is 10.3. The second-order valence-electron chi connectivity index (χ2n) is 8.80. The van der Waals surface area contributed by atoms with Gasteiger partial charge in [-0.15, -0.1) is 0 Å². The van der Waals surface area contributed by atoms with Gasteiger partial charge < -0.3 is 10.1 Å². The van der Waals surface area contributed by atoms with E-state index in [0.717, 1.165) is 12.1 Å². The summed E-state index contributed by atoms with van der Waals surface area (Å²) >= 11 is 5.91. The Labute approximate surface area is 194 Å². The highest BCUT2D eigenvalue weighted by atomic mass is 35.5. The summed E-state index contributed by atoms with van der Waals surface area (Å²) in [6, 6.07) is 3.15. The van der Waals surface area contributed by atoms with E-state index in [1.165, 1.54) is 23.4 Å². The Morgan fingerprint density at radius 3 is 2.45 bits per heavy atom. The maximum absolute atomic E-state index is 13.4. The van der Waals surface area contributed by atoms with E-state index in [4.69, 9.17) is 16.3 Å². The number of carbonyl (C=O) groups excluding carboxylic acids is 2. The number of benzene rings is 1. The van der Waals surface area contributed by atoms with Crippen LogP contribution in [0.25, 0.3) is 11.3 Å². The molecule has 1 aliphatic rings. The van der Waals surface area contributed by atoms with E-state index in [9.17, 15) is 22.8 Å². The van der Waals surface area contributed by atoms with Gasteiger partial charge in [0.1, 0.15) is 23.1 Å². The molecule has 3 rings (SSSR count). The molecule has 1 N–H and O–H groups in total. The van der Waals surface area contributed by atoms with Crippen molar-refractivity contribution in [3.05, 3.63) is 41.3 Å². The summed E-state index contributed by atoms with van der Waals surface area (Å²) in [7, 11) is 0. The van der Waals surface area contributed by atoms with E-state index in [0.29, 0.717) is 12.8 Å². The summed E-state index contributed by atoms with van der Waals surface area (Å²) in [6.07, 6.45) is -3.21.